The van der Waals surface area contributed by atoms with Crippen molar-refractivity contribution in [1.82, 2.24) is 9.55 Å². The molecule has 0 aliphatic rings. The molecule has 1 aromatic heterocycles. The average molecular weight is 212 g/mol. The molecule has 1 heterocycles. The molecular weight excluding hydrogens is 196 g/mol. The lowest BCUT2D eigenvalue weighted by atomic mass is 10.2. The van der Waals surface area contributed by atoms with Crippen molar-refractivity contribution in [1.29, 1.82) is 0 Å². The summed E-state index contributed by atoms with van der Waals surface area (Å²) in [5, 5.41) is 0. The van der Waals surface area contributed by atoms with Gasteiger partial charge in [-0.1, -0.05) is 36.4 Å². The molecule has 0 aliphatic carbocycles. The monoisotopic (exact) mass is 212 g/mol. The van der Waals surface area contributed by atoms with Crippen LogP contribution in [-0.4, -0.2) is 9.55 Å². The van der Waals surface area contributed by atoms with E-state index in [0.29, 0.717) is 0 Å². The van der Waals surface area contributed by atoms with Gasteiger partial charge in [0.05, 0.1) is 0 Å². The van der Waals surface area contributed by atoms with Crippen molar-refractivity contribution >= 4 is 0 Å². The van der Waals surface area contributed by atoms with Crippen LogP contribution in [0.25, 0.3) is 11.4 Å². The molecule has 2 nitrogen and oxygen atoms in total. The molecule has 0 radical (unpaired) electrons. The fourth-order valence-electron chi connectivity index (χ4n) is 1.74. The maximum absolute atomic E-state index is 4.40. The summed E-state index contributed by atoms with van der Waals surface area (Å²) in [6.45, 7) is 4.73. The normalized spacial score (nSPS) is 10.2. The lowest BCUT2D eigenvalue weighted by molar-refractivity contribution is 0.656. The van der Waals surface area contributed by atoms with Gasteiger partial charge in [0.15, 0.2) is 0 Å². The quantitative estimate of drug-likeness (QED) is 0.547. The summed E-state index contributed by atoms with van der Waals surface area (Å²) >= 11 is 0. The van der Waals surface area contributed by atoms with Crippen molar-refractivity contribution in [2.24, 2.45) is 0 Å². The smallest absolute Gasteiger partial charge is 0.139 e. The molecule has 2 rings (SSSR count). The Bertz CT molecular complexity index is 443. The van der Waals surface area contributed by atoms with E-state index in [2.05, 4.69) is 28.3 Å². The van der Waals surface area contributed by atoms with Crippen LogP contribution in [0.4, 0.5) is 0 Å². The summed E-state index contributed by atoms with van der Waals surface area (Å²) in [6.07, 6.45) is 8.01. The number of hydrogen-bond acceptors (Lipinski definition) is 1. The van der Waals surface area contributed by atoms with Crippen LogP contribution in [0.2, 0.25) is 0 Å². The third kappa shape index (κ3) is 2.40. The highest BCUT2D eigenvalue weighted by Crippen LogP contribution is 2.17. The fraction of sp³-hybridized carbons (Fsp3) is 0.214. The molecule has 0 saturated carbocycles. The molecule has 0 atom stereocenters. The Morgan fingerprint density at radius 3 is 2.81 bits per heavy atom. The Kier molecular flexibility index (Phi) is 3.54. The number of nitrogens with zero attached hydrogens (tertiary/aromatic N) is 2. The number of unbranched alkanes of at least 4 members (excludes halogenated alkanes) is 1. The van der Waals surface area contributed by atoms with E-state index in [-0.39, 0.29) is 0 Å². The molecule has 0 spiro atoms. The van der Waals surface area contributed by atoms with Gasteiger partial charge in [0.25, 0.3) is 0 Å². The zero-order valence-electron chi connectivity index (χ0n) is 9.34. The van der Waals surface area contributed by atoms with Gasteiger partial charge in [-0.25, -0.2) is 4.98 Å². The Hall–Kier alpha value is -1.83. The minimum atomic E-state index is 0.996. The van der Waals surface area contributed by atoms with Gasteiger partial charge in [-0.3, -0.25) is 0 Å². The number of aromatic nitrogens is 2. The predicted octanol–water partition coefficient (Wildman–Crippen LogP) is 3.52. The van der Waals surface area contributed by atoms with Gasteiger partial charge in [-0.05, 0) is 12.8 Å². The molecule has 0 saturated heterocycles. The summed E-state index contributed by atoms with van der Waals surface area (Å²) in [5.41, 5.74) is 1.17. The number of imidazole rings is 1. The molecule has 0 fully saturated rings. The van der Waals surface area contributed by atoms with Crippen LogP contribution in [0.15, 0.2) is 55.4 Å². The maximum Gasteiger partial charge on any atom is 0.139 e. The molecule has 1 aromatic carbocycles. The van der Waals surface area contributed by atoms with Gasteiger partial charge in [-0.15, -0.1) is 6.58 Å². The number of rotatable bonds is 5. The second kappa shape index (κ2) is 5.31. The summed E-state index contributed by atoms with van der Waals surface area (Å²) in [7, 11) is 0. The lowest BCUT2D eigenvalue weighted by Gasteiger charge is -2.06. The van der Waals surface area contributed by atoms with Crippen molar-refractivity contribution in [3.8, 4) is 11.4 Å². The zero-order valence-corrected chi connectivity index (χ0v) is 9.34. The summed E-state index contributed by atoms with van der Waals surface area (Å²) in [4.78, 5) is 4.40. The Balaban J connectivity index is 2.16. The van der Waals surface area contributed by atoms with E-state index < -0.39 is 0 Å². The number of aryl methyl sites for hydroxylation is 1. The Morgan fingerprint density at radius 1 is 1.25 bits per heavy atom. The molecule has 2 aromatic rings. The van der Waals surface area contributed by atoms with Gasteiger partial charge in [0, 0.05) is 24.5 Å². The van der Waals surface area contributed by atoms with Crippen molar-refractivity contribution < 1.29 is 0 Å². The van der Waals surface area contributed by atoms with E-state index in [9.17, 15) is 0 Å². The largest absolute Gasteiger partial charge is 0.331 e. The highest BCUT2D eigenvalue weighted by Gasteiger charge is 2.03. The van der Waals surface area contributed by atoms with Gasteiger partial charge >= 0.3 is 0 Å². The van der Waals surface area contributed by atoms with Crippen LogP contribution in [0.1, 0.15) is 12.8 Å². The second-order valence-corrected chi connectivity index (χ2v) is 3.74. The molecule has 0 N–H and O–H groups in total. The first-order valence-corrected chi connectivity index (χ1v) is 5.59. The predicted molar refractivity (Wildman–Crippen MR) is 67.1 cm³/mol. The fourth-order valence-corrected chi connectivity index (χ4v) is 1.74. The highest BCUT2D eigenvalue weighted by atomic mass is 15.1. The van der Waals surface area contributed by atoms with E-state index >= 15 is 0 Å². The molecule has 0 aliphatic heterocycles. The van der Waals surface area contributed by atoms with Gasteiger partial charge in [-0.2, -0.15) is 0 Å². The van der Waals surface area contributed by atoms with Crippen molar-refractivity contribution in [3.05, 3.63) is 55.4 Å². The van der Waals surface area contributed by atoms with Gasteiger partial charge in [0.1, 0.15) is 5.82 Å². The van der Waals surface area contributed by atoms with Gasteiger partial charge < -0.3 is 4.57 Å². The van der Waals surface area contributed by atoms with Crippen LogP contribution >= 0.6 is 0 Å². The minimum Gasteiger partial charge on any atom is -0.331 e. The third-order valence-corrected chi connectivity index (χ3v) is 2.55. The zero-order chi connectivity index (χ0) is 11.2. The number of hydrogen-bond donors (Lipinski definition) is 0. The van der Waals surface area contributed by atoms with Crippen molar-refractivity contribution in [3.63, 3.8) is 0 Å². The van der Waals surface area contributed by atoms with Crippen LogP contribution in [0, 0.1) is 0 Å². The standard InChI is InChI=1S/C14H16N2/c1-2-3-7-11-16-12-10-15-14(16)13-8-5-4-6-9-13/h2,4-6,8-10,12H,1,3,7,11H2. The van der Waals surface area contributed by atoms with E-state index in [0.717, 1.165) is 25.2 Å². The molecule has 2 heteroatoms. The first-order valence-electron chi connectivity index (χ1n) is 5.59. The van der Waals surface area contributed by atoms with Crippen LogP contribution < -0.4 is 0 Å². The van der Waals surface area contributed by atoms with E-state index in [4.69, 9.17) is 0 Å². The first-order chi connectivity index (χ1) is 7.92. The van der Waals surface area contributed by atoms with E-state index in [1.165, 1.54) is 5.56 Å². The maximum atomic E-state index is 4.40. The molecule has 0 amide bonds. The molecule has 82 valence electrons. The molecular formula is C14H16N2. The van der Waals surface area contributed by atoms with E-state index in [1.54, 1.807) is 0 Å². The summed E-state index contributed by atoms with van der Waals surface area (Å²) in [6, 6.07) is 10.3. The summed E-state index contributed by atoms with van der Waals surface area (Å²) in [5.74, 6) is 1.05. The molecule has 16 heavy (non-hydrogen) atoms. The van der Waals surface area contributed by atoms with Crippen molar-refractivity contribution in [2.75, 3.05) is 0 Å². The topological polar surface area (TPSA) is 17.8 Å². The molecule has 0 unspecified atom stereocenters. The lowest BCUT2D eigenvalue weighted by Crippen LogP contribution is -1.99. The Labute approximate surface area is 96.3 Å². The average Bonchev–Trinajstić information content (AvgIpc) is 2.79. The van der Waals surface area contributed by atoms with E-state index in [1.807, 2.05) is 36.7 Å². The first kappa shape index (κ1) is 10.7. The second-order valence-electron chi connectivity index (χ2n) is 3.74. The Morgan fingerprint density at radius 2 is 2.06 bits per heavy atom. The van der Waals surface area contributed by atoms with Crippen LogP contribution in [-0.2, 0) is 6.54 Å². The summed E-state index contributed by atoms with van der Waals surface area (Å²) < 4.78 is 2.19. The number of allylic oxidation sites excluding steroid dienone is 1. The third-order valence-electron chi connectivity index (χ3n) is 2.55. The minimum absolute atomic E-state index is 0.996. The van der Waals surface area contributed by atoms with Crippen LogP contribution in [0.5, 0.6) is 0 Å². The highest BCUT2D eigenvalue weighted by molar-refractivity contribution is 5.54. The van der Waals surface area contributed by atoms with Crippen molar-refractivity contribution in [2.45, 2.75) is 19.4 Å². The van der Waals surface area contributed by atoms with Gasteiger partial charge in [0.2, 0.25) is 0 Å². The number of benzene rings is 1. The van der Waals surface area contributed by atoms with Crippen LogP contribution in [0.3, 0.4) is 0 Å². The molecule has 0 bridgehead atoms. The SMILES string of the molecule is C=CCCCn1ccnc1-c1ccccc1.